The van der Waals surface area contributed by atoms with E-state index in [4.69, 9.17) is 4.74 Å². The third-order valence-corrected chi connectivity index (χ3v) is 7.26. The number of ether oxygens (including phenoxy) is 1. The number of rotatable bonds is 7. The third kappa shape index (κ3) is 5.06. The van der Waals surface area contributed by atoms with E-state index in [1.165, 1.54) is 12.4 Å². The van der Waals surface area contributed by atoms with Crippen LogP contribution in [0.2, 0.25) is 0 Å². The van der Waals surface area contributed by atoms with Crippen molar-refractivity contribution >= 4 is 22.8 Å². The Balaban J connectivity index is 1.49. The van der Waals surface area contributed by atoms with Crippen LogP contribution in [0.15, 0.2) is 24.5 Å². The van der Waals surface area contributed by atoms with E-state index < -0.39 is 11.7 Å². The van der Waals surface area contributed by atoms with Gasteiger partial charge in [0.05, 0.1) is 23.3 Å². The first-order valence-corrected chi connectivity index (χ1v) is 12.8. The van der Waals surface area contributed by atoms with Gasteiger partial charge in [0.15, 0.2) is 0 Å². The van der Waals surface area contributed by atoms with Crippen molar-refractivity contribution in [3.05, 3.63) is 41.3 Å². The molecule has 0 bridgehead atoms. The summed E-state index contributed by atoms with van der Waals surface area (Å²) < 4.78 is 46.7. The molecule has 3 aromatic rings. The highest BCUT2D eigenvalue weighted by Gasteiger charge is 2.35. The van der Waals surface area contributed by atoms with Crippen LogP contribution in [-0.4, -0.2) is 56.9 Å². The van der Waals surface area contributed by atoms with Crippen LogP contribution < -0.4 is 10.1 Å². The number of likely N-dealkylation sites (tertiary alicyclic amines) is 1. The number of benzene rings is 1. The van der Waals surface area contributed by atoms with Crippen molar-refractivity contribution in [2.24, 2.45) is 5.92 Å². The van der Waals surface area contributed by atoms with Gasteiger partial charge in [-0.15, -0.1) is 0 Å². The van der Waals surface area contributed by atoms with E-state index in [9.17, 15) is 22.8 Å². The van der Waals surface area contributed by atoms with E-state index in [0.29, 0.717) is 60.0 Å². The number of hydrogen-bond acceptors (Lipinski definition) is 5. The van der Waals surface area contributed by atoms with E-state index >= 15 is 0 Å². The Morgan fingerprint density at radius 1 is 1.24 bits per heavy atom. The van der Waals surface area contributed by atoms with Crippen LogP contribution in [0.25, 0.3) is 22.3 Å². The Morgan fingerprint density at radius 2 is 2.00 bits per heavy atom. The smallest absolute Gasteiger partial charge is 0.416 e. The van der Waals surface area contributed by atoms with Crippen LogP contribution in [0.3, 0.4) is 0 Å². The summed E-state index contributed by atoms with van der Waals surface area (Å²) >= 11 is 0. The maximum Gasteiger partial charge on any atom is 0.416 e. The van der Waals surface area contributed by atoms with E-state index in [1.54, 1.807) is 18.7 Å². The number of halogens is 3. The molecule has 3 heterocycles. The Labute approximate surface area is 218 Å². The maximum absolute atomic E-state index is 13.6. The molecule has 2 aromatic heterocycles. The zero-order valence-electron chi connectivity index (χ0n) is 21.5. The summed E-state index contributed by atoms with van der Waals surface area (Å²) in [6, 6.07) is 3.14. The molecule has 2 aliphatic rings. The van der Waals surface area contributed by atoms with E-state index in [0.717, 1.165) is 25.0 Å². The fourth-order valence-corrected chi connectivity index (χ4v) is 5.06. The Morgan fingerprint density at radius 3 is 2.68 bits per heavy atom. The van der Waals surface area contributed by atoms with E-state index in [2.05, 4.69) is 20.3 Å². The van der Waals surface area contributed by atoms with Crippen molar-refractivity contribution in [3.63, 3.8) is 0 Å². The fraction of sp³-hybridized carbons (Fsp3) is 0.481. The number of fused-ring (bicyclic) bond motifs is 1. The lowest BCUT2D eigenvalue weighted by Gasteiger charge is -2.20. The minimum atomic E-state index is -4.54. The number of carbonyl (C=O) groups excluding carboxylic acids is 2. The number of nitrogens with one attached hydrogen (secondary N) is 2. The minimum Gasteiger partial charge on any atom is -0.493 e. The van der Waals surface area contributed by atoms with Crippen molar-refractivity contribution in [1.82, 2.24) is 25.2 Å². The number of aromatic nitrogens is 3. The van der Waals surface area contributed by atoms with Gasteiger partial charge in [0, 0.05) is 36.3 Å². The van der Waals surface area contributed by atoms with Gasteiger partial charge in [-0.2, -0.15) is 13.2 Å². The van der Waals surface area contributed by atoms with Crippen LogP contribution in [0.1, 0.15) is 61.1 Å². The van der Waals surface area contributed by atoms with E-state index in [-0.39, 0.29) is 35.2 Å². The first-order chi connectivity index (χ1) is 18.1. The predicted octanol–water partition coefficient (Wildman–Crippen LogP) is 4.87. The standard InChI is InChI=1S/C27H30F3N5O3/c1-4-21(36)35-11-18(9-14(35)2)34-26(37)22-15(3)33-25-23(31-13-32-24(22)25)19-10-17(27(28,29)30)7-8-20(19)38-12-16-5-6-16/h7-8,10,13-14,16,18,33H,4-6,9,11-12H2,1-3H3,(H,34,37)/t14-,18-/m0/s1. The SMILES string of the molecule is CCC(=O)N1C[C@@H](NC(=O)c2c(C)[nH]c3c(-c4cc(C(F)(F)F)ccc4OCC4CC4)ncnc23)C[C@@H]1C. The van der Waals surface area contributed by atoms with Gasteiger partial charge in [0.25, 0.3) is 5.91 Å². The van der Waals surface area contributed by atoms with Crippen LogP contribution >= 0.6 is 0 Å². The molecule has 202 valence electrons. The van der Waals surface area contributed by atoms with Crippen LogP contribution in [0, 0.1) is 12.8 Å². The van der Waals surface area contributed by atoms with E-state index in [1.807, 2.05) is 6.92 Å². The zero-order chi connectivity index (χ0) is 27.2. The fourth-order valence-electron chi connectivity index (χ4n) is 5.06. The zero-order valence-corrected chi connectivity index (χ0v) is 21.5. The highest BCUT2D eigenvalue weighted by molar-refractivity contribution is 6.09. The second-order valence-corrected chi connectivity index (χ2v) is 10.2. The molecule has 1 aliphatic heterocycles. The quantitative estimate of drug-likeness (QED) is 0.455. The number of nitrogens with zero attached hydrogens (tertiary/aromatic N) is 3. The average Bonchev–Trinajstić information content (AvgIpc) is 3.54. The van der Waals surface area contributed by atoms with Gasteiger partial charge in [-0.3, -0.25) is 9.59 Å². The summed E-state index contributed by atoms with van der Waals surface area (Å²) in [5.74, 6) is 0.371. The normalized spacial score (nSPS) is 19.7. The van der Waals surface area contributed by atoms with Crippen molar-refractivity contribution in [2.75, 3.05) is 13.2 Å². The number of aromatic amines is 1. The highest BCUT2D eigenvalue weighted by atomic mass is 19.4. The second kappa shape index (κ2) is 9.92. The first-order valence-electron chi connectivity index (χ1n) is 12.8. The lowest BCUT2D eigenvalue weighted by Crippen LogP contribution is -2.39. The summed E-state index contributed by atoms with van der Waals surface area (Å²) in [5, 5.41) is 3.01. The summed E-state index contributed by atoms with van der Waals surface area (Å²) in [6.07, 6.45) is -0.207. The van der Waals surface area contributed by atoms with Gasteiger partial charge in [0.1, 0.15) is 23.3 Å². The topological polar surface area (TPSA) is 100 Å². The largest absolute Gasteiger partial charge is 0.493 e. The minimum absolute atomic E-state index is 0.0145. The van der Waals surface area contributed by atoms with Gasteiger partial charge >= 0.3 is 6.18 Å². The van der Waals surface area contributed by atoms with Gasteiger partial charge in [-0.1, -0.05) is 6.92 Å². The van der Waals surface area contributed by atoms with Crippen molar-refractivity contribution in [1.29, 1.82) is 0 Å². The maximum atomic E-state index is 13.6. The third-order valence-electron chi connectivity index (χ3n) is 7.26. The Bertz CT molecular complexity index is 1380. The number of carbonyl (C=O) groups is 2. The molecular weight excluding hydrogens is 499 g/mol. The molecule has 1 aliphatic carbocycles. The molecule has 11 heteroatoms. The first kappa shape index (κ1) is 26.0. The summed E-state index contributed by atoms with van der Waals surface area (Å²) in [4.78, 5) is 39.1. The molecule has 0 unspecified atom stereocenters. The molecule has 2 N–H and O–H groups in total. The monoisotopic (exact) mass is 529 g/mol. The molecule has 38 heavy (non-hydrogen) atoms. The number of H-pyrrole nitrogens is 1. The van der Waals surface area contributed by atoms with Gasteiger partial charge in [-0.05, 0) is 57.2 Å². The molecule has 1 saturated carbocycles. The number of amides is 2. The lowest BCUT2D eigenvalue weighted by molar-refractivity contribution is -0.137. The molecule has 0 radical (unpaired) electrons. The summed E-state index contributed by atoms with van der Waals surface area (Å²) in [6.45, 7) is 6.31. The second-order valence-electron chi connectivity index (χ2n) is 10.2. The average molecular weight is 530 g/mol. The molecular formula is C27H30F3N5O3. The molecule has 0 spiro atoms. The summed E-state index contributed by atoms with van der Waals surface area (Å²) in [5.41, 5.74) is 1.06. The van der Waals surface area contributed by atoms with Crippen molar-refractivity contribution in [3.8, 4) is 17.0 Å². The van der Waals surface area contributed by atoms with Crippen molar-refractivity contribution < 1.29 is 27.5 Å². The molecule has 1 aromatic carbocycles. The van der Waals surface area contributed by atoms with Crippen LogP contribution in [0.5, 0.6) is 5.75 Å². The summed E-state index contributed by atoms with van der Waals surface area (Å²) in [7, 11) is 0. The Kier molecular flexibility index (Phi) is 6.79. The molecule has 2 fully saturated rings. The lowest BCUT2D eigenvalue weighted by atomic mass is 10.0. The highest BCUT2D eigenvalue weighted by Crippen LogP contribution is 2.40. The molecule has 8 nitrogen and oxygen atoms in total. The molecule has 2 amide bonds. The van der Waals surface area contributed by atoms with Gasteiger partial charge in [-0.25, -0.2) is 9.97 Å². The molecule has 1 saturated heterocycles. The molecule has 5 rings (SSSR count). The molecule has 2 atom stereocenters. The number of hydrogen-bond donors (Lipinski definition) is 2. The van der Waals surface area contributed by atoms with Crippen LogP contribution in [0.4, 0.5) is 13.2 Å². The van der Waals surface area contributed by atoms with Gasteiger partial charge in [0.2, 0.25) is 5.91 Å². The van der Waals surface area contributed by atoms with Crippen LogP contribution in [-0.2, 0) is 11.0 Å². The number of alkyl halides is 3. The van der Waals surface area contributed by atoms with Gasteiger partial charge < -0.3 is 19.9 Å². The van der Waals surface area contributed by atoms with Crippen molar-refractivity contribution in [2.45, 2.75) is 64.7 Å². The number of aryl methyl sites for hydroxylation is 1. The predicted molar refractivity (Wildman–Crippen MR) is 135 cm³/mol. The Hall–Kier alpha value is -3.63.